The van der Waals surface area contributed by atoms with Gasteiger partial charge in [-0.05, 0) is 18.2 Å². The molecule has 1 atom stereocenters. The summed E-state index contributed by atoms with van der Waals surface area (Å²) in [6.07, 6.45) is 1.75. The minimum Gasteiger partial charge on any atom is -0.454 e. The molecule has 3 aromatic rings. The van der Waals surface area contributed by atoms with Crippen LogP contribution in [-0.4, -0.2) is 10.9 Å². The molecule has 0 fully saturated rings. The quantitative estimate of drug-likeness (QED) is 0.376. The van der Waals surface area contributed by atoms with Gasteiger partial charge in [-0.2, -0.15) is 10.5 Å². The summed E-state index contributed by atoms with van der Waals surface area (Å²) in [5.74, 6) is -0.120. The summed E-state index contributed by atoms with van der Waals surface area (Å²) in [4.78, 5) is 8.52. The number of nitrogens with one attached hydrogen (secondary N) is 2. The molecule has 0 bridgehead atoms. The second-order valence-corrected chi connectivity index (χ2v) is 6.48. The molecule has 1 aromatic heterocycles. The number of nitrogen functional groups attached to an aromatic ring is 2. The molecule has 2 heterocycles. The van der Waals surface area contributed by atoms with E-state index in [1.165, 1.54) is 12.1 Å². The van der Waals surface area contributed by atoms with E-state index in [0.717, 1.165) is 0 Å². The van der Waals surface area contributed by atoms with Crippen LogP contribution in [0.3, 0.4) is 0 Å². The van der Waals surface area contributed by atoms with Gasteiger partial charge in [-0.25, -0.2) is 14.4 Å². The zero-order valence-corrected chi connectivity index (χ0v) is 15.9. The first-order chi connectivity index (χ1) is 15.0. The Hall–Kier alpha value is -4.83. The van der Waals surface area contributed by atoms with E-state index >= 15 is 4.39 Å². The Morgan fingerprint density at radius 2 is 1.87 bits per heavy atom. The number of hydrogen-bond acceptors (Lipinski definition) is 9. The highest BCUT2D eigenvalue weighted by Gasteiger charge is 2.32. The molecule has 152 valence electrons. The smallest absolute Gasteiger partial charge is 0.211 e. The lowest BCUT2D eigenvalue weighted by atomic mass is 9.94. The van der Waals surface area contributed by atoms with Crippen LogP contribution in [-0.2, 0) is 0 Å². The van der Waals surface area contributed by atoms with Crippen LogP contribution in [0, 0.1) is 28.6 Å². The van der Waals surface area contributed by atoms with Gasteiger partial charge in [0.15, 0.2) is 17.8 Å². The Kier molecular flexibility index (Phi) is 4.96. The number of guanidine groups is 1. The van der Waals surface area contributed by atoms with Crippen LogP contribution in [0.2, 0.25) is 0 Å². The van der Waals surface area contributed by atoms with Gasteiger partial charge in [0.2, 0.25) is 5.96 Å². The van der Waals surface area contributed by atoms with Gasteiger partial charge in [-0.15, -0.1) is 0 Å². The number of ether oxygens (including phenoxy) is 1. The molecule has 0 amide bonds. The van der Waals surface area contributed by atoms with E-state index in [2.05, 4.69) is 20.6 Å². The fourth-order valence-corrected chi connectivity index (χ4v) is 3.24. The van der Waals surface area contributed by atoms with Crippen molar-refractivity contribution in [1.82, 2.24) is 10.3 Å². The van der Waals surface area contributed by atoms with Crippen molar-refractivity contribution in [3.63, 3.8) is 0 Å². The number of pyridine rings is 1. The average molecular weight is 414 g/mol. The van der Waals surface area contributed by atoms with Gasteiger partial charge in [0.25, 0.3) is 0 Å². The number of nitriles is 2. The zero-order chi connectivity index (χ0) is 22.0. The highest BCUT2D eigenvalue weighted by Crippen LogP contribution is 2.42. The van der Waals surface area contributed by atoms with Crippen LogP contribution < -0.4 is 26.8 Å². The molecule has 6 N–H and O–H groups in total. The van der Waals surface area contributed by atoms with Gasteiger partial charge >= 0.3 is 0 Å². The first kappa shape index (κ1) is 19.5. The van der Waals surface area contributed by atoms with E-state index in [4.69, 9.17) is 21.5 Å². The van der Waals surface area contributed by atoms with Crippen LogP contribution in [0.1, 0.15) is 22.7 Å². The Bertz CT molecular complexity index is 1280. The summed E-state index contributed by atoms with van der Waals surface area (Å²) >= 11 is 0. The van der Waals surface area contributed by atoms with Crippen molar-refractivity contribution in [2.24, 2.45) is 4.99 Å². The SMILES string of the molecule is N#CNC1=NC(c2cccc(Oc3ccccc3)c2F)c2c(nc(N)c(C#N)c2N)N1. The fraction of sp³-hybridized carbons (Fsp3) is 0.0476. The largest absolute Gasteiger partial charge is 0.454 e. The molecular formula is C21H15FN8O. The number of aromatic nitrogens is 1. The lowest BCUT2D eigenvalue weighted by Crippen LogP contribution is -2.33. The minimum absolute atomic E-state index is 0.0174. The summed E-state index contributed by atoms with van der Waals surface area (Å²) in [5, 5.41) is 23.5. The third-order valence-electron chi connectivity index (χ3n) is 4.62. The van der Waals surface area contributed by atoms with E-state index in [0.29, 0.717) is 5.75 Å². The molecule has 9 nitrogen and oxygen atoms in total. The van der Waals surface area contributed by atoms with E-state index in [1.807, 2.05) is 12.1 Å². The predicted molar refractivity (Wildman–Crippen MR) is 112 cm³/mol. The Balaban J connectivity index is 1.87. The van der Waals surface area contributed by atoms with Gasteiger partial charge in [-0.1, -0.05) is 30.3 Å². The van der Waals surface area contributed by atoms with Crippen LogP contribution in [0.4, 0.5) is 21.7 Å². The highest BCUT2D eigenvalue weighted by molar-refractivity contribution is 5.98. The van der Waals surface area contributed by atoms with Crippen LogP contribution in [0.15, 0.2) is 53.5 Å². The Morgan fingerprint density at radius 3 is 2.58 bits per heavy atom. The summed E-state index contributed by atoms with van der Waals surface area (Å²) in [7, 11) is 0. The number of anilines is 3. The van der Waals surface area contributed by atoms with Gasteiger partial charge < -0.3 is 21.5 Å². The van der Waals surface area contributed by atoms with Gasteiger partial charge in [0.1, 0.15) is 35.1 Å². The molecular weight excluding hydrogens is 399 g/mol. The number of benzene rings is 2. The Labute approximate surface area is 176 Å². The van der Waals surface area contributed by atoms with Crippen molar-refractivity contribution < 1.29 is 9.13 Å². The number of nitrogens with zero attached hydrogens (tertiary/aromatic N) is 4. The number of halogens is 1. The number of fused-ring (bicyclic) bond motifs is 1. The van der Waals surface area contributed by atoms with E-state index in [1.54, 1.807) is 36.5 Å². The van der Waals surface area contributed by atoms with Crippen molar-refractivity contribution in [2.45, 2.75) is 6.04 Å². The van der Waals surface area contributed by atoms with Crippen molar-refractivity contribution in [2.75, 3.05) is 16.8 Å². The lowest BCUT2D eigenvalue weighted by Gasteiger charge is -2.26. The Morgan fingerprint density at radius 1 is 1.10 bits per heavy atom. The number of aliphatic imine (C=N–C) groups is 1. The summed E-state index contributed by atoms with van der Waals surface area (Å²) < 4.78 is 21.2. The number of hydrogen-bond donors (Lipinski definition) is 4. The second kappa shape index (κ2) is 7.89. The van der Waals surface area contributed by atoms with Crippen LogP contribution in [0.5, 0.6) is 11.5 Å². The molecule has 2 aromatic carbocycles. The van der Waals surface area contributed by atoms with Crippen molar-refractivity contribution in [3.05, 3.63) is 71.0 Å². The van der Waals surface area contributed by atoms with Gasteiger partial charge in [0, 0.05) is 11.1 Å². The second-order valence-electron chi connectivity index (χ2n) is 6.48. The molecule has 10 heteroatoms. The van der Waals surface area contributed by atoms with E-state index in [9.17, 15) is 5.26 Å². The molecule has 0 saturated heterocycles. The standard InChI is InChI=1S/C21H15FN8O/c22-16-12(7-4-8-14(16)31-11-5-2-1-3-6-11)18-15-17(25)13(9-23)19(26)29-20(15)30-21(28-18)27-10-24/h1-8,18H,(H6,25,26,27,28,29,30). The molecule has 31 heavy (non-hydrogen) atoms. The normalized spacial score (nSPS) is 14.3. The topological polar surface area (TPSA) is 158 Å². The average Bonchev–Trinajstić information content (AvgIpc) is 2.76. The van der Waals surface area contributed by atoms with Crippen molar-refractivity contribution in [3.8, 4) is 23.8 Å². The molecule has 0 radical (unpaired) electrons. The molecule has 1 aliphatic heterocycles. The summed E-state index contributed by atoms with van der Waals surface area (Å²) in [6, 6.07) is 14.3. The minimum atomic E-state index is -1.01. The fourth-order valence-electron chi connectivity index (χ4n) is 3.24. The molecule has 4 rings (SSSR count). The first-order valence-electron chi connectivity index (χ1n) is 9.03. The highest BCUT2D eigenvalue weighted by atomic mass is 19.1. The predicted octanol–water partition coefficient (Wildman–Crippen LogP) is 2.99. The maximum Gasteiger partial charge on any atom is 0.211 e. The van der Waals surface area contributed by atoms with Crippen molar-refractivity contribution >= 4 is 23.3 Å². The van der Waals surface area contributed by atoms with Gasteiger partial charge in [0.05, 0.1) is 5.69 Å². The maximum absolute atomic E-state index is 15.5. The third-order valence-corrected chi connectivity index (χ3v) is 4.62. The zero-order valence-electron chi connectivity index (χ0n) is 15.9. The van der Waals surface area contributed by atoms with Gasteiger partial charge in [-0.3, -0.25) is 5.32 Å². The summed E-state index contributed by atoms with van der Waals surface area (Å²) in [6.45, 7) is 0. The monoisotopic (exact) mass is 414 g/mol. The lowest BCUT2D eigenvalue weighted by molar-refractivity contribution is 0.437. The van der Waals surface area contributed by atoms with Crippen LogP contribution >= 0.6 is 0 Å². The molecule has 1 unspecified atom stereocenters. The van der Waals surface area contributed by atoms with Crippen molar-refractivity contribution in [1.29, 1.82) is 10.5 Å². The number of nitrogens with two attached hydrogens (primary N) is 2. The third kappa shape index (κ3) is 3.50. The molecule has 0 aliphatic carbocycles. The molecule has 1 aliphatic rings. The number of para-hydroxylation sites is 1. The summed E-state index contributed by atoms with van der Waals surface area (Å²) in [5.41, 5.74) is 12.4. The molecule has 0 spiro atoms. The van der Waals surface area contributed by atoms with E-state index in [-0.39, 0.29) is 45.7 Å². The number of rotatable bonds is 3. The molecule has 0 saturated carbocycles. The first-order valence-corrected chi connectivity index (χ1v) is 9.03. The maximum atomic E-state index is 15.5. The van der Waals surface area contributed by atoms with Crippen LogP contribution in [0.25, 0.3) is 0 Å². The van der Waals surface area contributed by atoms with E-state index < -0.39 is 11.9 Å².